The maximum absolute atomic E-state index is 14.0. The summed E-state index contributed by atoms with van der Waals surface area (Å²) in [5, 5.41) is 1.47. The van der Waals surface area contributed by atoms with Crippen molar-refractivity contribution in [3.63, 3.8) is 0 Å². The van der Waals surface area contributed by atoms with Gasteiger partial charge in [0.05, 0.1) is 0 Å². The van der Waals surface area contributed by atoms with Gasteiger partial charge in [-0.15, -0.1) is 0 Å². The van der Waals surface area contributed by atoms with Crippen LogP contribution in [0, 0.1) is 5.82 Å². The summed E-state index contributed by atoms with van der Waals surface area (Å²) in [5.41, 5.74) is 12.4. The van der Waals surface area contributed by atoms with E-state index < -0.39 is 0 Å². The first-order chi connectivity index (χ1) is 7.27. The summed E-state index contributed by atoms with van der Waals surface area (Å²) < 4.78 is 14.0. The topological polar surface area (TPSA) is 52.0 Å². The minimum absolute atomic E-state index is 0.184. The van der Waals surface area contributed by atoms with Crippen LogP contribution < -0.4 is 11.5 Å². The lowest BCUT2D eigenvalue weighted by Crippen LogP contribution is -2.08. The Morgan fingerprint density at radius 1 is 1.07 bits per heavy atom. The first-order valence-corrected chi connectivity index (χ1v) is 4.87. The predicted molar refractivity (Wildman–Crippen MR) is 59.7 cm³/mol. The highest BCUT2D eigenvalue weighted by atomic mass is 19.1. The first kappa shape index (κ1) is 10.1. The summed E-state index contributed by atoms with van der Waals surface area (Å²) in [6.45, 7) is 0.498. The Balaban J connectivity index is 2.81. The van der Waals surface area contributed by atoms with Crippen molar-refractivity contribution in [2.75, 3.05) is 0 Å². The van der Waals surface area contributed by atoms with Gasteiger partial charge < -0.3 is 11.5 Å². The largest absolute Gasteiger partial charge is 0.326 e. The number of nitrogens with two attached hydrogens (primary N) is 2. The number of benzene rings is 2. The molecule has 2 nitrogen and oxygen atoms in total. The van der Waals surface area contributed by atoms with Gasteiger partial charge in [0.15, 0.2) is 0 Å². The second-order valence-electron chi connectivity index (χ2n) is 3.46. The highest BCUT2D eigenvalue weighted by molar-refractivity contribution is 5.84. The fourth-order valence-corrected chi connectivity index (χ4v) is 1.80. The fourth-order valence-electron chi connectivity index (χ4n) is 1.80. The average Bonchev–Trinajstić information content (AvgIpc) is 2.29. The van der Waals surface area contributed by atoms with Crippen LogP contribution in [-0.4, -0.2) is 0 Å². The van der Waals surface area contributed by atoms with Crippen LogP contribution >= 0.6 is 0 Å². The Bertz CT molecular complexity index is 494. The van der Waals surface area contributed by atoms with Gasteiger partial charge in [0, 0.05) is 24.0 Å². The number of rotatable bonds is 2. The lowest BCUT2D eigenvalue weighted by molar-refractivity contribution is 0.619. The molecular formula is C12H13FN2. The first-order valence-electron chi connectivity index (χ1n) is 4.87. The van der Waals surface area contributed by atoms with Crippen LogP contribution in [0.5, 0.6) is 0 Å². The van der Waals surface area contributed by atoms with E-state index >= 15 is 0 Å². The van der Waals surface area contributed by atoms with E-state index in [0.717, 1.165) is 10.9 Å². The minimum Gasteiger partial charge on any atom is -0.326 e. The maximum atomic E-state index is 14.0. The third-order valence-corrected chi connectivity index (χ3v) is 2.60. The van der Waals surface area contributed by atoms with Gasteiger partial charge >= 0.3 is 0 Å². The van der Waals surface area contributed by atoms with Crippen LogP contribution in [0.3, 0.4) is 0 Å². The third-order valence-electron chi connectivity index (χ3n) is 2.60. The number of hydrogen-bond donors (Lipinski definition) is 2. The number of hydrogen-bond acceptors (Lipinski definition) is 2. The van der Waals surface area contributed by atoms with Crippen LogP contribution in [0.15, 0.2) is 30.3 Å². The van der Waals surface area contributed by atoms with Crippen LogP contribution in [0.4, 0.5) is 4.39 Å². The van der Waals surface area contributed by atoms with Crippen LogP contribution in [0.25, 0.3) is 10.8 Å². The van der Waals surface area contributed by atoms with Crippen molar-refractivity contribution in [2.45, 2.75) is 13.1 Å². The molecule has 3 heteroatoms. The summed E-state index contributed by atoms with van der Waals surface area (Å²) in [6, 6.07) is 9.22. The minimum atomic E-state index is -0.240. The lowest BCUT2D eigenvalue weighted by atomic mass is 10.00. The van der Waals surface area contributed by atoms with Crippen molar-refractivity contribution >= 4 is 10.8 Å². The van der Waals surface area contributed by atoms with Crippen molar-refractivity contribution in [3.8, 4) is 0 Å². The Morgan fingerprint density at radius 2 is 1.80 bits per heavy atom. The Hall–Kier alpha value is -1.45. The Labute approximate surface area is 87.7 Å². The van der Waals surface area contributed by atoms with Gasteiger partial charge in [0.25, 0.3) is 0 Å². The van der Waals surface area contributed by atoms with Crippen LogP contribution in [0.2, 0.25) is 0 Å². The molecule has 2 aromatic carbocycles. The van der Waals surface area contributed by atoms with Gasteiger partial charge in [-0.1, -0.05) is 24.3 Å². The molecule has 0 radical (unpaired) electrons. The molecular weight excluding hydrogens is 191 g/mol. The van der Waals surface area contributed by atoms with Crippen molar-refractivity contribution in [2.24, 2.45) is 11.5 Å². The average molecular weight is 204 g/mol. The predicted octanol–water partition coefficient (Wildman–Crippen LogP) is 1.90. The molecule has 0 fully saturated rings. The number of fused-ring (bicyclic) bond motifs is 1. The molecule has 0 unspecified atom stereocenters. The highest BCUT2D eigenvalue weighted by Crippen LogP contribution is 2.24. The summed E-state index contributed by atoms with van der Waals surface area (Å²) in [5.74, 6) is -0.240. The summed E-state index contributed by atoms with van der Waals surface area (Å²) in [6.07, 6.45) is 0. The third kappa shape index (κ3) is 1.60. The molecule has 0 spiro atoms. The monoisotopic (exact) mass is 204 g/mol. The Morgan fingerprint density at radius 3 is 2.47 bits per heavy atom. The van der Waals surface area contributed by atoms with Gasteiger partial charge in [-0.05, 0) is 17.0 Å². The van der Waals surface area contributed by atoms with E-state index in [0.29, 0.717) is 17.5 Å². The normalized spacial score (nSPS) is 10.9. The second kappa shape index (κ2) is 3.96. The molecule has 0 heterocycles. The zero-order chi connectivity index (χ0) is 10.8. The molecule has 2 aromatic rings. The van der Waals surface area contributed by atoms with Crippen molar-refractivity contribution in [1.29, 1.82) is 0 Å². The van der Waals surface area contributed by atoms with E-state index in [2.05, 4.69) is 0 Å². The molecule has 2 rings (SSSR count). The van der Waals surface area contributed by atoms with Gasteiger partial charge in [-0.3, -0.25) is 0 Å². The quantitative estimate of drug-likeness (QED) is 0.785. The lowest BCUT2D eigenvalue weighted by Gasteiger charge is -2.10. The van der Waals surface area contributed by atoms with E-state index in [-0.39, 0.29) is 12.4 Å². The van der Waals surface area contributed by atoms with Crippen molar-refractivity contribution in [1.82, 2.24) is 0 Å². The molecule has 0 amide bonds. The van der Waals surface area contributed by atoms with Gasteiger partial charge in [0.1, 0.15) is 5.82 Å². The van der Waals surface area contributed by atoms with Gasteiger partial charge in [-0.25, -0.2) is 4.39 Å². The fraction of sp³-hybridized carbons (Fsp3) is 0.167. The van der Waals surface area contributed by atoms with Gasteiger partial charge in [-0.2, -0.15) is 0 Å². The molecule has 0 aromatic heterocycles. The van der Waals surface area contributed by atoms with E-state index in [1.807, 2.05) is 24.3 Å². The molecule has 0 bridgehead atoms. The van der Waals surface area contributed by atoms with Crippen LogP contribution in [-0.2, 0) is 13.1 Å². The maximum Gasteiger partial charge on any atom is 0.135 e. The zero-order valence-corrected chi connectivity index (χ0v) is 8.33. The van der Waals surface area contributed by atoms with E-state index in [1.54, 1.807) is 6.07 Å². The molecule has 0 aliphatic heterocycles. The molecule has 15 heavy (non-hydrogen) atoms. The molecule has 0 saturated heterocycles. The van der Waals surface area contributed by atoms with Crippen molar-refractivity contribution in [3.05, 3.63) is 47.3 Å². The summed E-state index contributed by atoms with van der Waals surface area (Å²) in [7, 11) is 0. The zero-order valence-electron chi connectivity index (χ0n) is 8.33. The highest BCUT2D eigenvalue weighted by Gasteiger charge is 2.10. The smallest absolute Gasteiger partial charge is 0.135 e. The molecule has 4 N–H and O–H groups in total. The van der Waals surface area contributed by atoms with E-state index in [9.17, 15) is 4.39 Å². The molecule has 0 aliphatic rings. The summed E-state index contributed by atoms with van der Waals surface area (Å²) >= 11 is 0. The molecule has 0 saturated carbocycles. The molecule has 78 valence electrons. The SMILES string of the molecule is NCc1cc2ccccc2c(F)c1CN. The van der Waals surface area contributed by atoms with Crippen molar-refractivity contribution < 1.29 is 4.39 Å². The van der Waals surface area contributed by atoms with E-state index in [4.69, 9.17) is 11.5 Å². The van der Waals surface area contributed by atoms with E-state index in [1.165, 1.54) is 0 Å². The Kier molecular flexibility index (Phi) is 2.66. The standard InChI is InChI=1S/C12H13FN2/c13-12-10-4-2-1-3-8(10)5-9(6-14)11(12)7-15/h1-5H,6-7,14-15H2. The molecule has 0 atom stereocenters. The van der Waals surface area contributed by atoms with Gasteiger partial charge in [0.2, 0.25) is 0 Å². The summed E-state index contributed by atoms with van der Waals surface area (Å²) in [4.78, 5) is 0. The van der Waals surface area contributed by atoms with Crippen LogP contribution in [0.1, 0.15) is 11.1 Å². The molecule has 0 aliphatic carbocycles. The second-order valence-corrected chi connectivity index (χ2v) is 3.46. The number of halogens is 1.